The molecule has 0 N–H and O–H groups in total. The van der Waals surface area contributed by atoms with Gasteiger partial charge >= 0.3 is 5.97 Å². The van der Waals surface area contributed by atoms with Gasteiger partial charge in [-0.25, -0.2) is 4.79 Å². The summed E-state index contributed by atoms with van der Waals surface area (Å²) in [5.74, 6) is -0.0719. The van der Waals surface area contributed by atoms with E-state index in [1.807, 2.05) is 30.3 Å². The molecule has 1 aromatic rings. The van der Waals surface area contributed by atoms with Crippen LogP contribution < -0.4 is 0 Å². The van der Waals surface area contributed by atoms with Crippen molar-refractivity contribution in [1.29, 1.82) is 0 Å². The van der Waals surface area contributed by atoms with E-state index in [1.165, 1.54) is 13.2 Å². The molecule has 2 heteroatoms. The lowest BCUT2D eigenvalue weighted by atomic mass is 9.96. The third-order valence-corrected chi connectivity index (χ3v) is 2.21. The number of esters is 1. The van der Waals surface area contributed by atoms with Crippen molar-refractivity contribution in [2.24, 2.45) is 5.92 Å². The van der Waals surface area contributed by atoms with Crippen LogP contribution in [-0.4, -0.2) is 13.1 Å². The molecule has 2 nitrogen and oxygen atoms in total. The van der Waals surface area contributed by atoms with Crippen molar-refractivity contribution < 1.29 is 9.53 Å². The zero-order chi connectivity index (χ0) is 12.0. The SMILES string of the molecule is COC(=O)C=C=C(c1ccccc1)C(C)C. The van der Waals surface area contributed by atoms with E-state index < -0.39 is 0 Å². The third-order valence-electron chi connectivity index (χ3n) is 2.21. The van der Waals surface area contributed by atoms with Gasteiger partial charge < -0.3 is 4.74 Å². The first-order chi connectivity index (χ1) is 7.65. The summed E-state index contributed by atoms with van der Waals surface area (Å²) in [6, 6.07) is 9.92. The van der Waals surface area contributed by atoms with Gasteiger partial charge in [0.1, 0.15) is 0 Å². The van der Waals surface area contributed by atoms with Crippen LogP contribution in [0.5, 0.6) is 0 Å². The third kappa shape index (κ3) is 3.41. The molecule has 0 saturated heterocycles. The second kappa shape index (κ2) is 5.94. The molecule has 0 spiro atoms. The van der Waals surface area contributed by atoms with Crippen LogP contribution in [0, 0.1) is 5.92 Å². The molecule has 0 radical (unpaired) electrons. The quantitative estimate of drug-likeness (QED) is 0.441. The summed E-state index contributed by atoms with van der Waals surface area (Å²) in [4.78, 5) is 11.0. The van der Waals surface area contributed by atoms with E-state index in [1.54, 1.807) is 0 Å². The summed E-state index contributed by atoms with van der Waals surface area (Å²) in [6.07, 6.45) is 1.34. The molecule has 0 amide bonds. The highest BCUT2D eigenvalue weighted by atomic mass is 16.5. The normalized spacial score (nSPS) is 9.50. The zero-order valence-corrected chi connectivity index (χ0v) is 9.86. The number of benzene rings is 1. The van der Waals surface area contributed by atoms with E-state index in [9.17, 15) is 4.79 Å². The van der Waals surface area contributed by atoms with E-state index in [2.05, 4.69) is 24.3 Å². The predicted octanol–water partition coefficient (Wildman–Crippen LogP) is 3.05. The Labute approximate surface area is 96.2 Å². The number of ether oxygens (including phenoxy) is 1. The van der Waals surface area contributed by atoms with Gasteiger partial charge in [0.05, 0.1) is 13.2 Å². The molecular formula is C14H16O2. The number of carbonyl (C=O) groups is 1. The monoisotopic (exact) mass is 216 g/mol. The van der Waals surface area contributed by atoms with Crippen molar-refractivity contribution in [2.75, 3.05) is 7.11 Å². The topological polar surface area (TPSA) is 26.3 Å². The minimum Gasteiger partial charge on any atom is -0.465 e. The van der Waals surface area contributed by atoms with E-state index >= 15 is 0 Å². The molecule has 0 fully saturated rings. The van der Waals surface area contributed by atoms with Gasteiger partial charge in [0.2, 0.25) is 0 Å². The van der Waals surface area contributed by atoms with Crippen LogP contribution in [0.1, 0.15) is 19.4 Å². The Morgan fingerprint density at radius 2 is 1.94 bits per heavy atom. The van der Waals surface area contributed by atoms with Gasteiger partial charge in [-0.1, -0.05) is 44.2 Å². The van der Waals surface area contributed by atoms with Crippen molar-refractivity contribution >= 4 is 11.5 Å². The Balaban J connectivity index is 3.11. The van der Waals surface area contributed by atoms with E-state index in [-0.39, 0.29) is 5.97 Å². The predicted molar refractivity (Wildman–Crippen MR) is 64.8 cm³/mol. The molecule has 0 saturated carbocycles. The summed E-state index contributed by atoms with van der Waals surface area (Å²) in [5.41, 5.74) is 5.09. The van der Waals surface area contributed by atoms with Gasteiger partial charge in [-0.15, -0.1) is 5.73 Å². The molecule has 0 aliphatic rings. The van der Waals surface area contributed by atoms with Crippen molar-refractivity contribution in [3.8, 4) is 0 Å². The Kier molecular flexibility index (Phi) is 4.56. The van der Waals surface area contributed by atoms with Crippen LogP contribution in [0.25, 0.3) is 5.57 Å². The fraction of sp³-hybridized carbons (Fsp3) is 0.286. The molecule has 0 aliphatic carbocycles. The highest BCUT2D eigenvalue weighted by Gasteiger charge is 2.04. The van der Waals surface area contributed by atoms with Crippen LogP contribution in [0.2, 0.25) is 0 Å². The molecule has 0 aromatic heterocycles. The van der Waals surface area contributed by atoms with Crippen molar-refractivity contribution in [3.05, 3.63) is 47.7 Å². The molecule has 0 bridgehead atoms. The van der Waals surface area contributed by atoms with Gasteiger partial charge in [0.15, 0.2) is 0 Å². The molecule has 1 rings (SSSR count). The molecule has 0 heterocycles. The summed E-state index contributed by atoms with van der Waals surface area (Å²) in [5, 5.41) is 0. The first kappa shape index (κ1) is 12.3. The van der Waals surface area contributed by atoms with E-state index in [0.29, 0.717) is 5.92 Å². The Morgan fingerprint density at radius 1 is 1.31 bits per heavy atom. The average molecular weight is 216 g/mol. The minimum absolute atomic E-state index is 0.309. The van der Waals surface area contributed by atoms with Crippen LogP contribution >= 0.6 is 0 Å². The first-order valence-electron chi connectivity index (χ1n) is 5.25. The molecular weight excluding hydrogens is 200 g/mol. The van der Waals surface area contributed by atoms with Gasteiger partial charge in [0, 0.05) is 5.57 Å². The number of methoxy groups -OCH3 is 1. The van der Waals surface area contributed by atoms with Crippen LogP contribution in [0.4, 0.5) is 0 Å². The maximum Gasteiger partial charge on any atom is 0.338 e. The first-order valence-corrected chi connectivity index (χ1v) is 5.25. The lowest BCUT2D eigenvalue weighted by Gasteiger charge is -2.08. The smallest absolute Gasteiger partial charge is 0.338 e. The summed E-state index contributed by atoms with van der Waals surface area (Å²) < 4.78 is 4.55. The van der Waals surface area contributed by atoms with Gasteiger partial charge in [-0.3, -0.25) is 0 Å². The van der Waals surface area contributed by atoms with Crippen molar-refractivity contribution in [1.82, 2.24) is 0 Å². The Hall–Kier alpha value is -1.79. The van der Waals surface area contributed by atoms with E-state index in [0.717, 1.165) is 11.1 Å². The maximum atomic E-state index is 11.0. The minimum atomic E-state index is -0.380. The highest BCUT2D eigenvalue weighted by Crippen LogP contribution is 2.21. The zero-order valence-electron chi connectivity index (χ0n) is 9.86. The average Bonchev–Trinajstić information content (AvgIpc) is 2.30. The lowest BCUT2D eigenvalue weighted by Crippen LogP contribution is -1.95. The molecule has 16 heavy (non-hydrogen) atoms. The second-order valence-electron chi connectivity index (χ2n) is 3.75. The summed E-state index contributed by atoms with van der Waals surface area (Å²) >= 11 is 0. The lowest BCUT2D eigenvalue weighted by molar-refractivity contribution is -0.134. The van der Waals surface area contributed by atoms with Gasteiger partial charge in [0.25, 0.3) is 0 Å². The number of carbonyl (C=O) groups excluding carboxylic acids is 1. The molecule has 1 aromatic carbocycles. The van der Waals surface area contributed by atoms with Gasteiger partial charge in [-0.05, 0) is 11.5 Å². The molecule has 0 aliphatic heterocycles. The van der Waals surface area contributed by atoms with Crippen molar-refractivity contribution in [2.45, 2.75) is 13.8 Å². The molecule has 0 unspecified atom stereocenters. The second-order valence-corrected chi connectivity index (χ2v) is 3.75. The fourth-order valence-electron chi connectivity index (χ4n) is 1.40. The Morgan fingerprint density at radius 3 is 2.44 bits per heavy atom. The van der Waals surface area contributed by atoms with Crippen LogP contribution in [0.3, 0.4) is 0 Å². The maximum absolute atomic E-state index is 11.0. The highest BCUT2D eigenvalue weighted by molar-refractivity contribution is 5.83. The number of hydrogen-bond acceptors (Lipinski definition) is 2. The number of rotatable bonds is 3. The molecule has 84 valence electrons. The van der Waals surface area contributed by atoms with Gasteiger partial charge in [-0.2, -0.15) is 0 Å². The van der Waals surface area contributed by atoms with Crippen molar-refractivity contribution in [3.63, 3.8) is 0 Å². The van der Waals surface area contributed by atoms with Crippen LogP contribution in [0.15, 0.2) is 42.1 Å². The summed E-state index contributed by atoms with van der Waals surface area (Å²) in [6.45, 7) is 4.14. The number of hydrogen-bond donors (Lipinski definition) is 0. The fourth-order valence-corrected chi connectivity index (χ4v) is 1.40. The largest absolute Gasteiger partial charge is 0.465 e. The van der Waals surface area contributed by atoms with E-state index in [4.69, 9.17) is 0 Å². The Bertz CT molecular complexity index is 410. The standard InChI is InChI=1S/C14H16O2/c1-11(2)13(9-10-14(15)16-3)12-7-5-4-6-8-12/h4-8,10-11H,1-3H3. The molecule has 0 atom stereocenters. The summed E-state index contributed by atoms with van der Waals surface area (Å²) in [7, 11) is 1.36. The van der Waals surface area contributed by atoms with Crippen LogP contribution in [-0.2, 0) is 9.53 Å².